The number of imidazole rings is 1. The molecule has 0 aliphatic rings. The second kappa shape index (κ2) is 6.75. The molecule has 162 valence electrons. The summed E-state index contributed by atoms with van der Waals surface area (Å²) in [7, 11) is 0. The third-order valence-corrected chi connectivity index (χ3v) is 6.66. The maximum absolute atomic E-state index is 13.6. The van der Waals surface area contributed by atoms with Crippen LogP contribution < -0.4 is 5.56 Å². The Morgan fingerprint density at radius 1 is 0.824 bits per heavy atom. The third kappa shape index (κ3) is 2.52. The summed E-state index contributed by atoms with van der Waals surface area (Å²) >= 11 is 0. The van der Waals surface area contributed by atoms with E-state index in [9.17, 15) is 4.79 Å². The van der Waals surface area contributed by atoms with Crippen LogP contribution in [0.2, 0.25) is 0 Å². The van der Waals surface area contributed by atoms with E-state index in [0.29, 0.717) is 16.9 Å². The molecule has 7 rings (SSSR count). The van der Waals surface area contributed by atoms with Gasteiger partial charge in [-0.15, -0.1) is 0 Å². The van der Waals surface area contributed by atoms with Gasteiger partial charge in [0.05, 0.1) is 17.2 Å². The highest BCUT2D eigenvalue weighted by Gasteiger charge is 2.19. The van der Waals surface area contributed by atoms with Crippen LogP contribution in [0.15, 0.2) is 88.2 Å². The zero-order valence-corrected chi connectivity index (χ0v) is 18.7. The quantitative estimate of drug-likeness (QED) is 0.306. The van der Waals surface area contributed by atoms with E-state index in [1.807, 2.05) is 54.6 Å². The molecule has 7 aromatic rings. The highest BCUT2D eigenvalue weighted by molar-refractivity contribution is 6.18. The molecule has 0 bridgehead atoms. The first-order valence-corrected chi connectivity index (χ1v) is 11.2. The van der Waals surface area contributed by atoms with E-state index in [-0.39, 0.29) is 5.56 Å². The molecule has 0 saturated heterocycles. The summed E-state index contributed by atoms with van der Waals surface area (Å²) in [6, 6.07) is 23.9. The van der Waals surface area contributed by atoms with Gasteiger partial charge in [0.2, 0.25) is 5.89 Å². The smallest absolute Gasteiger partial charge is 0.264 e. The number of nitrogens with zero attached hydrogens (tertiary/aromatic N) is 3. The van der Waals surface area contributed by atoms with E-state index in [0.717, 1.165) is 49.6 Å². The van der Waals surface area contributed by atoms with Crippen LogP contribution in [0.5, 0.6) is 0 Å². The number of fused-ring (bicyclic) bond motifs is 4. The minimum atomic E-state index is -0.0673. The molecule has 5 heteroatoms. The van der Waals surface area contributed by atoms with E-state index in [1.54, 1.807) is 10.6 Å². The van der Waals surface area contributed by atoms with Crippen LogP contribution in [-0.4, -0.2) is 14.4 Å². The first-order valence-electron chi connectivity index (χ1n) is 11.2. The Hall–Kier alpha value is -4.51. The van der Waals surface area contributed by atoms with Crippen LogP contribution in [0.4, 0.5) is 0 Å². The minimum absolute atomic E-state index is 0.0673. The van der Waals surface area contributed by atoms with Gasteiger partial charge in [0, 0.05) is 27.3 Å². The summed E-state index contributed by atoms with van der Waals surface area (Å²) in [4.78, 5) is 23.0. The predicted molar refractivity (Wildman–Crippen MR) is 136 cm³/mol. The lowest BCUT2D eigenvalue weighted by molar-refractivity contribution is 0.589. The molecule has 0 radical (unpaired) electrons. The second-order valence-corrected chi connectivity index (χ2v) is 8.80. The molecule has 0 fully saturated rings. The lowest BCUT2D eigenvalue weighted by atomic mass is 9.98. The number of benzene rings is 4. The van der Waals surface area contributed by atoms with Gasteiger partial charge >= 0.3 is 0 Å². The zero-order valence-electron chi connectivity index (χ0n) is 18.7. The zero-order chi connectivity index (χ0) is 23.0. The first kappa shape index (κ1) is 19.0. The fourth-order valence-electron chi connectivity index (χ4n) is 5.10. The van der Waals surface area contributed by atoms with Gasteiger partial charge in [-0.2, -0.15) is 0 Å². The van der Waals surface area contributed by atoms with Crippen LogP contribution in [0.3, 0.4) is 0 Å². The Bertz CT molecular complexity index is 1960. The monoisotopic (exact) mass is 441 g/mol. The van der Waals surface area contributed by atoms with Crippen molar-refractivity contribution in [2.45, 2.75) is 13.8 Å². The van der Waals surface area contributed by atoms with Crippen molar-refractivity contribution in [1.29, 1.82) is 0 Å². The Morgan fingerprint density at radius 3 is 2.53 bits per heavy atom. The molecule has 0 atom stereocenters. The third-order valence-electron chi connectivity index (χ3n) is 6.66. The molecule has 0 aliphatic heterocycles. The predicted octanol–water partition coefficient (Wildman–Crippen LogP) is 6.53. The summed E-state index contributed by atoms with van der Waals surface area (Å²) in [5.41, 5.74) is 6.46. The van der Waals surface area contributed by atoms with Gasteiger partial charge in [0.15, 0.2) is 5.76 Å². The lowest BCUT2D eigenvalue weighted by Crippen LogP contribution is -2.13. The number of hydrogen-bond acceptors (Lipinski definition) is 4. The van der Waals surface area contributed by atoms with Gasteiger partial charge in [-0.05, 0) is 49.1 Å². The Kier molecular flexibility index (Phi) is 3.77. The maximum atomic E-state index is 13.6. The Labute approximate surface area is 194 Å². The van der Waals surface area contributed by atoms with Crippen LogP contribution in [0.25, 0.3) is 61.0 Å². The highest BCUT2D eigenvalue weighted by Crippen LogP contribution is 2.37. The van der Waals surface area contributed by atoms with Crippen LogP contribution in [0, 0.1) is 13.8 Å². The van der Waals surface area contributed by atoms with Crippen molar-refractivity contribution < 1.29 is 4.42 Å². The summed E-state index contributed by atoms with van der Waals surface area (Å²) in [5, 5.41) is 3.41. The molecule has 0 spiro atoms. The molecule has 0 amide bonds. The average molecular weight is 441 g/mol. The summed E-state index contributed by atoms with van der Waals surface area (Å²) in [6.07, 6.45) is 1.77. The number of oxazole rings is 1. The topological polar surface area (TPSA) is 60.4 Å². The first-order chi connectivity index (χ1) is 16.6. The average Bonchev–Trinajstić information content (AvgIpc) is 3.47. The molecule has 0 unspecified atom stereocenters. The van der Waals surface area contributed by atoms with Crippen molar-refractivity contribution in [3.05, 3.63) is 100 Å². The fraction of sp³-hybridized carbons (Fsp3) is 0.0690. The molecule has 4 aromatic carbocycles. The largest absolute Gasteiger partial charge is 0.436 e. The van der Waals surface area contributed by atoms with Crippen molar-refractivity contribution in [3.8, 4) is 22.8 Å². The van der Waals surface area contributed by atoms with Crippen molar-refractivity contribution in [3.63, 3.8) is 0 Å². The number of pyridine rings is 1. The number of hydrogen-bond donors (Lipinski definition) is 0. The molecule has 34 heavy (non-hydrogen) atoms. The van der Waals surface area contributed by atoms with Crippen molar-refractivity contribution in [2.75, 3.05) is 0 Å². The molecule has 0 aliphatic carbocycles. The molecular weight excluding hydrogens is 422 g/mol. The van der Waals surface area contributed by atoms with Gasteiger partial charge in [-0.3, -0.25) is 9.20 Å². The Balaban J connectivity index is 1.51. The van der Waals surface area contributed by atoms with E-state index in [1.165, 1.54) is 5.56 Å². The van der Waals surface area contributed by atoms with Gasteiger partial charge in [0.25, 0.3) is 5.56 Å². The van der Waals surface area contributed by atoms with E-state index in [2.05, 4.69) is 37.0 Å². The van der Waals surface area contributed by atoms with Gasteiger partial charge < -0.3 is 4.42 Å². The lowest BCUT2D eigenvalue weighted by Gasteiger charge is -2.10. The minimum Gasteiger partial charge on any atom is -0.436 e. The van der Waals surface area contributed by atoms with Gasteiger partial charge in [-0.25, -0.2) is 9.97 Å². The molecule has 3 aromatic heterocycles. The molecular formula is C29H19N3O2. The Morgan fingerprint density at radius 2 is 1.65 bits per heavy atom. The summed E-state index contributed by atoms with van der Waals surface area (Å²) in [5.74, 6) is 1.26. The van der Waals surface area contributed by atoms with Gasteiger partial charge in [0.1, 0.15) is 5.65 Å². The van der Waals surface area contributed by atoms with Crippen LogP contribution in [-0.2, 0) is 0 Å². The fourth-order valence-corrected chi connectivity index (χ4v) is 5.10. The number of para-hydroxylation sites is 2. The molecule has 3 heterocycles. The SMILES string of the molecule is Cc1ccc(-c2cnc(-c3ccc4c(=O)n5c6ccccc6nc5c5cccc3c45)o2)c(C)c1. The number of aromatic nitrogens is 3. The summed E-state index contributed by atoms with van der Waals surface area (Å²) in [6.45, 7) is 4.15. The van der Waals surface area contributed by atoms with Crippen molar-refractivity contribution >= 4 is 38.2 Å². The number of aryl methyl sites for hydroxylation is 2. The van der Waals surface area contributed by atoms with Crippen LogP contribution in [0.1, 0.15) is 11.1 Å². The van der Waals surface area contributed by atoms with E-state index >= 15 is 0 Å². The summed E-state index contributed by atoms with van der Waals surface area (Å²) < 4.78 is 7.96. The van der Waals surface area contributed by atoms with Crippen molar-refractivity contribution in [2.24, 2.45) is 0 Å². The highest BCUT2D eigenvalue weighted by atomic mass is 16.4. The van der Waals surface area contributed by atoms with Crippen molar-refractivity contribution in [1.82, 2.24) is 14.4 Å². The molecule has 0 N–H and O–H groups in total. The van der Waals surface area contributed by atoms with Gasteiger partial charge in [-0.1, -0.05) is 54.1 Å². The standard InChI is InChI=1S/C29H19N3O2/c1-16-10-11-18(17(2)14-16)25-15-30-28(34-25)20-12-13-22-26-19(20)6-5-7-21(26)27-31-23-8-3-4-9-24(23)32(27)29(22)33/h3-15H,1-2H3. The maximum Gasteiger partial charge on any atom is 0.264 e. The second-order valence-electron chi connectivity index (χ2n) is 8.80. The van der Waals surface area contributed by atoms with E-state index < -0.39 is 0 Å². The van der Waals surface area contributed by atoms with E-state index in [4.69, 9.17) is 9.40 Å². The normalized spacial score (nSPS) is 11.9. The molecule has 5 nitrogen and oxygen atoms in total. The molecule has 0 saturated carbocycles. The number of rotatable bonds is 2. The van der Waals surface area contributed by atoms with Crippen LogP contribution >= 0.6 is 0 Å².